The monoisotopic (exact) mass is 341 g/mol. The minimum Gasteiger partial charge on any atom is -0.478 e. The summed E-state index contributed by atoms with van der Waals surface area (Å²) >= 11 is 0. The highest BCUT2D eigenvalue weighted by Gasteiger charge is 2.31. The zero-order valence-electron chi connectivity index (χ0n) is 13.9. The molecule has 25 heavy (non-hydrogen) atoms. The van der Waals surface area contributed by atoms with Crippen molar-refractivity contribution in [3.05, 3.63) is 47.9 Å². The first-order chi connectivity index (χ1) is 12.1. The number of hydrogen-bond donors (Lipinski definition) is 1. The molecule has 0 radical (unpaired) electrons. The van der Waals surface area contributed by atoms with Gasteiger partial charge in [-0.15, -0.1) is 0 Å². The zero-order chi connectivity index (χ0) is 17.8. The summed E-state index contributed by atoms with van der Waals surface area (Å²) in [6.07, 6.45) is 5.07. The number of amides is 1. The van der Waals surface area contributed by atoms with E-state index in [0.717, 1.165) is 24.1 Å². The van der Waals surface area contributed by atoms with Crippen molar-refractivity contribution in [2.24, 2.45) is 0 Å². The number of carbonyl (C=O) groups is 2. The summed E-state index contributed by atoms with van der Waals surface area (Å²) in [5.74, 6) is -1.02. The van der Waals surface area contributed by atoms with Gasteiger partial charge in [-0.1, -0.05) is 12.1 Å². The molecule has 0 aliphatic carbocycles. The second kappa shape index (κ2) is 7.40. The summed E-state index contributed by atoms with van der Waals surface area (Å²) in [4.78, 5) is 33.8. The highest BCUT2D eigenvalue weighted by atomic mass is 16.5. The van der Waals surface area contributed by atoms with Crippen LogP contribution in [0.25, 0.3) is 11.3 Å². The smallest absolute Gasteiger partial charge is 0.335 e. The maximum Gasteiger partial charge on any atom is 0.335 e. The van der Waals surface area contributed by atoms with Crippen molar-refractivity contribution < 1.29 is 19.4 Å². The maximum atomic E-state index is 12.2. The largest absolute Gasteiger partial charge is 0.478 e. The Kier molecular flexibility index (Phi) is 5.04. The summed E-state index contributed by atoms with van der Waals surface area (Å²) in [5, 5.41) is 8.98. The lowest BCUT2D eigenvalue weighted by atomic mass is 10.1. The van der Waals surface area contributed by atoms with Crippen molar-refractivity contribution >= 4 is 11.9 Å². The summed E-state index contributed by atoms with van der Waals surface area (Å²) in [6.45, 7) is 0.742. The van der Waals surface area contributed by atoms with Gasteiger partial charge < -0.3 is 14.7 Å². The minimum absolute atomic E-state index is 0.0528. The van der Waals surface area contributed by atoms with Crippen LogP contribution in [-0.2, 0) is 9.53 Å². The topological polar surface area (TPSA) is 92.6 Å². The molecule has 0 bridgehead atoms. The Morgan fingerprint density at radius 1 is 1.28 bits per heavy atom. The molecule has 1 N–H and O–H groups in total. The third-order valence-electron chi connectivity index (χ3n) is 4.26. The Morgan fingerprint density at radius 3 is 2.72 bits per heavy atom. The fourth-order valence-corrected chi connectivity index (χ4v) is 3.04. The lowest BCUT2D eigenvalue weighted by Gasteiger charge is -2.24. The quantitative estimate of drug-likeness (QED) is 0.896. The summed E-state index contributed by atoms with van der Waals surface area (Å²) in [5.41, 5.74) is 2.40. The van der Waals surface area contributed by atoms with Gasteiger partial charge in [0, 0.05) is 19.2 Å². The molecule has 1 aliphatic rings. The van der Waals surface area contributed by atoms with E-state index in [1.54, 1.807) is 29.4 Å². The molecule has 0 spiro atoms. The van der Waals surface area contributed by atoms with Crippen LogP contribution in [0.15, 0.2) is 36.7 Å². The number of aromatic carboxylic acids is 1. The molecule has 1 unspecified atom stereocenters. The van der Waals surface area contributed by atoms with Crippen molar-refractivity contribution in [2.75, 3.05) is 20.3 Å². The van der Waals surface area contributed by atoms with Crippen LogP contribution in [0.1, 0.15) is 34.9 Å². The molecule has 1 aliphatic heterocycles. The van der Waals surface area contributed by atoms with Gasteiger partial charge in [0.05, 0.1) is 35.4 Å². The Hall–Kier alpha value is -2.80. The van der Waals surface area contributed by atoms with Crippen LogP contribution >= 0.6 is 0 Å². The van der Waals surface area contributed by atoms with E-state index >= 15 is 0 Å². The van der Waals surface area contributed by atoms with Gasteiger partial charge in [-0.25, -0.2) is 9.78 Å². The van der Waals surface area contributed by atoms with Crippen molar-refractivity contribution in [3.8, 4) is 11.3 Å². The van der Waals surface area contributed by atoms with Crippen molar-refractivity contribution in [2.45, 2.75) is 18.9 Å². The number of hydrogen-bond acceptors (Lipinski definition) is 5. The minimum atomic E-state index is -0.968. The molecule has 130 valence electrons. The number of aromatic nitrogens is 2. The number of ether oxygens (including phenoxy) is 1. The number of carboxylic acids is 1. The fraction of sp³-hybridized carbons (Fsp3) is 0.333. The molecular weight excluding hydrogens is 322 g/mol. The Labute approximate surface area is 145 Å². The fourth-order valence-electron chi connectivity index (χ4n) is 3.04. The Bertz CT molecular complexity index is 776. The average Bonchev–Trinajstić information content (AvgIpc) is 3.12. The van der Waals surface area contributed by atoms with Crippen molar-refractivity contribution in [1.29, 1.82) is 0 Å². The van der Waals surface area contributed by atoms with Crippen LogP contribution in [0.3, 0.4) is 0 Å². The molecule has 7 nitrogen and oxygen atoms in total. The van der Waals surface area contributed by atoms with Gasteiger partial charge >= 0.3 is 5.97 Å². The second-order valence-electron chi connectivity index (χ2n) is 5.89. The van der Waals surface area contributed by atoms with E-state index in [-0.39, 0.29) is 24.1 Å². The molecular formula is C18H19N3O4. The first kappa shape index (κ1) is 17.0. The number of methoxy groups -OCH3 is 1. The molecule has 2 aromatic rings. The molecule has 1 aromatic heterocycles. The number of likely N-dealkylation sites (tertiary alicyclic amines) is 1. The van der Waals surface area contributed by atoms with E-state index in [0.29, 0.717) is 12.2 Å². The van der Waals surface area contributed by atoms with Gasteiger partial charge in [0.1, 0.15) is 6.61 Å². The number of carbonyl (C=O) groups excluding carboxylic acids is 1. The van der Waals surface area contributed by atoms with Crippen LogP contribution in [0.2, 0.25) is 0 Å². The molecule has 7 heteroatoms. The van der Waals surface area contributed by atoms with E-state index in [9.17, 15) is 9.59 Å². The van der Waals surface area contributed by atoms with E-state index in [4.69, 9.17) is 9.84 Å². The first-order valence-corrected chi connectivity index (χ1v) is 8.04. The van der Waals surface area contributed by atoms with E-state index < -0.39 is 5.97 Å². The normalized spacial score (nSPS) is 16.8. The molecule has 0 saturated carbocycles. The Balaban J connectivity index is 1.86. The lowest BCUT2D eigenvalue weighted by Crippen LogP contribution is -2.33. The maximum absolute atomic E-state index is 12.2. The molecule has 1 aromatic carbocycles. The average molecular weight is 341 g/mol. The van der Waals surface area contributed by atoms with Crippen LogP contribution in [0.4, 0.5) is 0 Å². The molecule has 3 rings (SSSR count). The van der Waals surface area contributed by atoms with Crippen LogP contribution in [0, 0.1) is 0 Å². The van der Waals surface area contributed by atoms with Gasteiger partial charge in [0.15, 0.2) is 0 Å². The van der Waals surface area contributed by atoms with Gasteiger partial charge in [0.25, 0.3) is 0 Å². The summed E-state index contributed by atoms with van der Waals surface area (Å²) in [6, 6.07) is 6.39. The number of rotatable bonds is 5. The number of benzene rings is 1. The highest BCUT2D eigenvalue weighted by Crippen LogP contribution is 2.31. The first-order valence-electron chi connectivity index (χ1n) is 8.04. The van der Waals surface area contributed by atoms with Crippen LogP contribution in [0.5, 0.6) is 0 Å². The number of carboxylic acid groups (broad SMARTS) is 1. The predicted octanol–water partition coefficient (Wildman–Crippen LogP) is 2.15. The van der Waals surface area contributed by atoms with Gasteiger partial charge in [-0.2, -0.15) is 0 Å². The molecule has 1 amide bonds. The van der Waals surface area contributed by atoms with Gasteiger partial charge in [-0.05, 0) is 25.0 Å². The standard InChI is InChI=1S/C18H19N3O4/c1-25-11-17(22)21-8-2-3-16(21)15-10-19-9-14(20-15)12-4-6-13(7-5-12)18(23)24/h4-7,9-10,16H,2-3,8,11H2,1H3,(H,23,24). The predicted molar refractivity (Wildman–Crippen MR) is 90.0 cm³/mol. The third-order valence-corrected chi connectivity index (χ3v) is 4.26. The lowest BCUT2D eigenvalue weighted by molar-refractivity contribution is -0.136. The molecule has 2 heterocycles. The van der Waals surface area contributed by atoms with Crippen LogP contribution in [-0.4, -0.2) is 52.1 Å². The van der Waals surface area contributed by atoms with E-state index in [2.05, 4.69) is 9.97 Å². The molecule has 1 saturated heterocycles. The molecule has 1 fully saturated rings. The SMILES string of the molecule is COCC(=O)N1CCCC1c1cncc(-c2ccc(C(=O)O)cc2)n1. The summed E-state index contributed by atoms with van der Waals surface area (Å²) < 4.78 is 4.95. The van der Waals surface area contributed by atoms with Gasteiger partial charge in [-0.3, -0.25) is 9.78 Å². The summed E-state index contributed by atoms with van der Waals surface area (Å²) in [7, 11) is 1.50. The van der Waals surface area contributed by atoms with Crippen molar-refractivity contribution in [3.63, 3.8) is 0 Å². The highest BCUT2D eigenvalue weighted by molar-refractivity contribution is 5.88. The Morgan fingerprint density at radius 2 is 2.04 bits per heavy atom. The van der Waals surface area contributed by atoms with Gasteiger partial charge in [0.2, 0.25) is 5.91 Å². The molecule has 1 atom stereocenters. The van der Waals surface area contributed by atoms with E-state index in [1.165, 1.54) is 19.2 Å². The number of nitrogens with zero attached hydrogens (tertiary/aromatic N) is 3. The van der Waals surface area contributed by atoms with Crippen LogP contribution < -0.4 is 0 Å². The zero-order valence-corrected chi connectivity index (χ0v) is 13.9. The third kappa shape index (κ3) is 3.66. The van der Waals surface area contributed by atoms with E-state index in [1.807, 2.05) is 0 Å². The van der Waals surface area contributed by atoms with Crippen molar-refractivity contribution in [1.82, 2.24) is 14.9 Å². The second-order valence-corrected chi connectivity index (χ2v) is 5.89.